The molecule has 3 rings (SSSR count). The average Bonchev–Trinajstić information content (AvgIpc) is 2.90. The largest absolute Gasteiger partial charge is 0.477 e. The van der Waals surface area contributed by atoms with E-state index in [0.29, 0.717) is 5.69 Å². The highest BCUT2D eigenvalue weighted by atomic mass is 35.5. The van der Waals surface area contributed by atoms with Gasteiger partial charge in [0.05, 0.1) is 0 Å². The Hall–Kier alpha value is -2.67. The van der Waals surface area contributed by atoms with Crippen molar-refractivity contribution in [1.82, 2.24) is 14.6 Å². The SMILES string of the molecule is Cc1nc2c(C(=O)O)c[nH]n2c(=O)c1Cc1c(F)cccc1Cl. The number of carboxylic acid groups (broad SMARTS) is 1. The molecule has 6 nitrogen and oxygen atoms in total. The summed E-state index contributed by atoms with van der Waals surface area (Å²) in [6.45, 7) is 1.57. The molecule has 3 aromatic rings. The highest BCUT2D eigenvalue weighted by molar-refractivity contribution is 6.31. The van der Waals surface area contributed by atoms with Gasteiger partial charge in [-0.1, -0.05) is 17.7 Å². The van der Waals surface area contributed by atoms with Crippen molar-refractivity contribution >= 4 is 23.2 Å². The fraction of sp³-hybridized carbons (Fsp3) is 0.133. The number of nitrogens with one attached hydrogen (secondary N) is 1. The number of rotatable bonds is 3. The van der Waals surface area contributed by atoms with Gasteiger partial charge in [0, 0.05) is 34.5 Å². The topological polar surface area (TPSA) is 87.5 Å². The first-order valence-corrected chi connectivity index (χ1v) is 7.03. The zero-order valence-corrected chi connectivity index (χ0v) is 12.7. The molecule has 118 valence electrons. The Morgan fingerprint density at radius 3 is 2.83 bits per heavy atom. The van der Waals surface area contributed by atoms with Crippen LogP contribution in [0.25, 0.3) is 5.65 Å². The summed E-state index contributed by atoms with van der Waals surface area (Å²) in [6.07, 6.45) is 1.15. The number of halogens is 2. The molecule has 0 spiro atoms. The second kappa shape index (κ2) is 5.51. The number of nitrogens with zero attached hydrogens (tertiary/aromatic N) is 2. The van der Waals surface area contributed by atoms with Crippen molar-refractivity contribution in [2.24, 2.45) is 0 Å². The van der Waals surface area contributed by atoms with Crippen LogP contribution < -0.4 is 5.56 Å². The number of aryl methyl sites for hydroxylation is 1. The number of H-pyrrole nitrogens is 1. The number of carboxylic acids is 1. The highest BCUT2D eigenvalue weighted by Crippen LogP contribution is 2.22. The predicted octanol–water partition coefficient (Wildman–Crippen LogP) is 2.41. The number of benzene rings is 1. The van der Waals surface area contributed by atoms with Crippen LogP contribution in [0, 0.1) is 12.7 Å². The maximum atomic E-state index is 13.9. The zero-order chi connectivity index (χ0) is 16.7. The summed E-state index contributed by atoms with van der Waals surface area (Å²) in [5.41, 5.74) is 0.189. The quantitative estimate of drug-likeness (QED) is 0.769. The van der Waals surface area contributed by atoms with E-state index >= 15 is 0 Å². The van der Waals surface area contributed by atoms with Gasteiger partial charge in [-0.05, 0) is 19.1 Å². The maximum absolute atomic E-state index is 13.9. The van der Waals surface area contributed by atoms with Gasteiger partial charge in [0.2, 0.25) is 0 Å². The summed E-state index contributed by atoms with van der Waals surface area (Å²) < 4.78 is 15.0. The molecular weight excluding hydrogens is 325 g/mol. The Morgan fingerprint density at radius 1 is 1.43 bits per heavy atom. The molecule has 0 fully saturated rings. The molecule has 0 radical (unpaired) electrons. The molecule has 8 heteroatoms. The van der Waals surface area contributed by atoms with Crippen molar-refractivity contribution in [2.45, 2.75) is 13.3 Å². The van der Waals surface area contributed by atoms with Crippen LogP contribution >= 0.6 is 11.6 Å². The van der Waals surface area contributed by atoms with Gasteiger partial charge in [0.15, 0.2) is 5.65 Å². The summed E-state index contributed by atoms with van der Waals surface area (Å²) in [4.78, 5) is 27.8. The lowest BCUT2D eigenvalue weighted by atomic mass is 10.0. The van der Waals surface area contributed by atoms with Crippen LogP contribution in [0.2, 0.25) is 5.02 Å². The average molecular weight is 336 g/mol. The fourth-order valence-corrected chi connectivity index (χ4v) is 2.63. The van der Waals surface area contributed by atoms with Crippen molar-refractivity contribution in [3.05, 3.63) is 68.0 Å². The number of aromatic carboxylic acids is 1. The van der Waals surface area contributed by atoms with Crippen LogP contribution in [-0.4, -0.2) is 25.7 Å². The molecule has 2 heterocycles. The van der Waals surface area contributed by atoms with Gasteiger partial charge in [0.1, 0.15) is 11.4 Å². The van der Waals surface area contributed by atoms with Crippen molar-refractivity contribution in [3.63, 3.8) is 0 Å². The predicted molar refractivity (Wildman–Crippen MR) is 81.7 cm³/mol. The molecule has 0 saturated heterocycles. The van der Waals surface area contributed by atoms with Crippen LogP contribution in [0.1, 0.15) is 27.2 Å². The molecule has 0 saturated carbocycles. The van der Waals surface area contributed by atoms with Crippen LogP contribution in [0.15, 0.2) is 29.2 Å². The summed E-state index contributed by atoms with van der Waals surface area (Å²) in [6, 6.07) is 4.28. The fourth-order valence-electron chi connectivity index (χ4n) is 2.40. The lowest BCUT2D eigenvalue weighted by Gasteiger charge is -2.08. The molecule has 0 aliphatic rings. The smallest absolute Gasteiger partial charge is 0.341 e. The van der Waals surface area contributed by atoms with Crippen molar-refractivity contribution in [2.75, 3.05) is 0 Å². The second-order valence-corrected chi connectivity index (χ2v) is 5.42. The molecule has 0 aliphatic heterocycles. The van der Waals surface area contributed by atoms with Gasteiger partial charge in [-0.3, -0.25) is 9.89 Å². The second-order valence-electron chi connectivity index (χ2n) is 5.01. The Kier molecular flexibility index (Phi) is 3.65. The number of aromatic nitrogens is 3. The zero-order valence-electron chi connectivity index (χ0n) is 11.9. The molecule has 0 bridgehead atoms. The Bertz CT molecular complexity index is 973. The Balaban J connectivity index is 2.20. The molecule has 23 heavy (non-hydrogen) atoms. The van der Waals surface area contributed by atoms with Crippen molar-refractivity contribution in [3.8, 4) is 0 Å². The van der Waals surface area contributed by atoms with Crippen LogP contribution in [0.5, 0.6) is 0 Å². The number of hydrogen-bond donors (Lipinski definition) is 2. The van der Waals surface area contributed by atoms with Crippen LogP contribution in [-0.2, 0) is 6.42 Å². The number of fused-ring (bicyclic) bond motifs is 1. The van der Waals surface area contributed by atoms with E-state index in [2.05, 4.69) is 10.1 Å². The van der Waals surface area contributed by atoms with E-state index in [1.165, 1.54) is 24.4 Å². The standard InChI is InChI=1S/C15H11ClFN3O3/c1-7-8(5-9-11(16)3-2-4-12(9)17)14(21)20-13(19-7)10(6-18-20)15(22)23/h2-4,6,18H,5H2,1H3,(H,22,23). The number of hydrogen-bond acceptors (Lipinski definition) is 3. The summed E-state index contributed by atoms with van der Waals surface area (Å²) in [5, 5.41) is 11.9. The summed E-state index contributed by atoms with van der Waals surface area (Å²) in [5.74, 6) is -1.71. The first-order valence-electron chi connectivity index (χ1n) is 6.66. The molecule has 2 aromatic heterocycles. The third-order valence-electron chi connectivity index (χ3n) is 3.61. The van der Waals surface area contributed by atoms with E-state index in [9.17, 15) is 14.0 Å². The van der Waals surface area contributed by atoms with Crippen LogP contribution in [0.3, 0.4) is 0 Å². The minimum absolute atomic E-state index is 0.0170. The van der Waals surface area contributed by atoms with E-state index in [-0.39, 0.29) is 33.8 Å². The molecule has 0 atom stereocenters. The van der Waals surface area contributed by atoms with E-state index in [1.807, 2.05) is 0 Å². The maximum Gasteiger partial charge on any atom is 0.341 e. The third-order valence-corrected chi connectivity index (χ3v) is 3.96. The van der Waals surface area contributed by atoms with Crippen LogP contribution in [0.4, 0.5) is 4.39 Å². The molecule has 1 aromatic carbocycles. The monoisotopic (exact) mass is 335 g/mol. The lowest BCUT2D eigenvalue weighted by molar-refractivity contribution is 0.0698. The third kappa shape index (κ3) is 2.49. The number of aromatic amines is 1. The first kappa shape index (κ1) is 15.2. The van der Waals surface area contributed by atoms with E-state index in [4.69, 9.17) is 16.7 Å². The Labute approximate surface area is 134 Å². The lowest BCUT2D eigenvalue weighted by Crippen LogP contribution is -2.22. The van der Waals surface area contributed by atoms with Gasteiger partial charge in [0.25, 0.3) is 5.56 Å². The van der Waals surface area contributed by atoms with Crippen molar-refractivity contribution < 1.29 is 14.3 Å². The Morgan fingerprint density at radius 2 is 2.17 bits per heavy atom. The van der Waals surface area contributed by atoms with E-state index in [0.717, 1.165) is 4.52 Å². The molecule has 0 amide bonds. The number of carbonyl (C=O) groups is 1. The molecule has 0 aliphatic carbocycles. The van der Waals surface area contributed by atoms with Crippen molar-refractivity contribution in [1.29, 1.82) is 0 Å². The molecule has 2 N–H and O–H groups in total. The summed E-state index contributed by atoms with van der Waals surface area (Å²) in [7, 11) is 0. The van der Waals surface area contributed by atoms with Gasteiger partial charge in [-0.15, -0.1) is 0 Å². The van der Waals surface area contributed by atoms with Gasteiger partial charge in [-0.25, -0.2) is 18.7 Å². The molecule has 0 unspecified atom stereocenters. The summed E-state index contributed by atoms with van der Waals surface area (Å²) >= 11 is 5.99. The van der Waals surface area contributed by atoms with E-state index in [1.54, 1.807) is 6.92 Å². The van der Waals surface area contributed by atoms with Gasteiger partial charge >= 0.3 is 5.97 Å². The first-order chi connectivity index (χ1) is 10.9. The van der Waals surface area contributed by atoms with E-state index < -0.39 is 17.3 Å². The van der Waals surface area contributed by atoms with Gasteiger partial charge < -0.3 is 5.11 Å². The highest BCUT2D eigenvalue weighted by Gasteiger charge is 2.19. The minimum atomic E-state index is -1.19. The van der Waals surface area contributed by atoms with Gasteiger partial charge in [-0.2, -0.15) is 0 Å². The normalized spacial score (nSPS) is 11.1. The minimum Gasteiger partial charge on any atom is -0.477 e. The molecular formula is C15H11ClFN3O3.